The van der Waals surface area contributed by atoms with Crippen molar-refractivity contribution in [1.82, 2.24) is 24.7 Å². The first-order chi connectivity index (χ1) is 10.3. The number of anilines is 1. The van der Waals surface area contributed by atoms with E-state index in [9.17, 15) is 0 Å². The van der Waals surface area contributed by atoms with Gasteiger partial charge in [0.25, 0.3) is 5.95 Å². The summed E-state index contributed by atoms with van der Waals surface area (Å²) in [5.74, 6) is 1.09. The lowest BCUT2D eigenvalue weighted by Gasteiger charge is -2.30. The van der Waals surface area contributed by atoms with Crippen LogP contribution in [0.15, 0.2) is 18.5 Å². The highest BCUT2D eigenvalue weighted by atomic mass is 16.5. The second kappa shape index (κ2) is 6.07. The Morgan fingerprint density at radius 3 is 2.90 bits per heavy atom. The van der Waals surface area contributed by atoms with Gasteiger partial charge in [-0.05, 0) is 37.7 Å². The van der Waals surface area contributed by atoms with Crippen LogP contribution in [0.5, 0.6) is 6.01 Å². The lowest BCUT2D eigenvalue weighted by atomic mass is 9.85. The van der Waals surface area contributed by atoms with Crippen molar-refractivity contribution < 1.29 is 4.74 Å². The normalized spacial score (nSPS) is 22.1. The average molecular weight is 288 g/mol. The van der Waals surface area contributed by atoms with Gasteiger partial charge in [0.15, 0.2) is 0 Å². The number of aromatic nitrogens is 5. The van der Waals surface area contributed by atoms with Crippen LogP contribution < -0.4 is 10.5 Å². The predicted molar refractivity (Wildman–Crippen MR) is 78.0 cm³/mol. The van der Waals surface area contributed by atoms with Crippen molar-refractivity contribution in [3.8, 4) is 12.0 Å². The van der Waals surface area contributed by atoms with E-state index in [-0.39, 0.29) is 12.1 Å². The first-order valence-electron chi connectivity index (χ1n) is 7.44. The molecule has 3 rings (SSSR count). The summed E-state index contributed by atoms with van der Waals surface area (Å²) in [6.45, 7) is 2.20. The third-order valence-electron chi connectivity index (χ3n) is 3.95. The van der Waals surface area contributed by atoms with E-state index in [0.29, 0.717) is 17.9 Å². The predicted octanol–water partition coefficient (Wildman–Crippen LogP) is 1.99. The third kappa shape index (κ3) is 3.12. The molecular formula is C14H20N6O. The van der Waals surface area contributed by atoms with Gasteiger partial charge in [0.05, 0.1) is 0 Å². The Balaban J connectivity index is 1.82. The number of rotatable bonds is 4. The fourth-order valence-electron chi connectivity index (χ4n) is 2.83. The van der Waals surface area contributed by atoms with Crippen LogP contribution in [0.3, 0.4) is 0 Å². The summed E-state index contributed by atoms with van der Waals surface area (Å²) in [6, 6.07) is 2.09. The van der Waals surface area contributed by atoms with Gasteiger partial charge >= 0.3 is 6.01 Å². The Hall–Kier alpha value is -2.18. The molecule has 1 aliphatic carbocycles. The molecular weight excluding hydrogens is 268 g/mol. The maximum absolute atomic E-state index is 6.00. The summed E-state index contributed by atoms with van der Waals surface area (Å²) >= 11 is 0. The summed E-state index contributed by atoms with van der Waals surface area (Å²) in [6.07, 6.45) is 9.40. The van der Waals surface area contributed by atoms with Crippen LogP contribution in [-0.2, 0) is 0 Å². The smallest absolute Gasteiger partial charge is 0.323 e. The molecule has 2 aromatic rings. The molecule has 21 heavy (non-hydrogen) atoms. The standard InChI is InChI=1S/C14H20N6O/c1-2-10-6-3-4-7-11(10)21-14-18-12(15)17-13(19-14)20-9-5-8-16-20/h5,8-11H,2-4,6-7H2,1H3,(H2,15,17,18,19). The molecule has 0 aliphatic heterocycles. The lowest BCUT2D eigenvalue weighted by molar-refractivity contribution is 0.0808. The molecule has 0 aromatic carbocycles. The van der Waals surface area contributed by atoms with Gasteiger partial charge in [-0.15, -0.1) is 0 Å². The van der Waals surface area contributed by atoms with Gasteiger partial charge in [0.2, 0.25) is 5.95 Å². The van der Waals surface area contributed by atoms with Crippen molar-refractivity contribution >= 4 is 5.95 Å². The highest BCUT2D eigenvalue weighted by molar-refractivity contribution is 5.24. The molecule has 112 valence electrons. The van der Waals surface area contributed by atoms with E-state index in [4.69, 9.17) is 10.5 Å². The van der Waals surface area contributed by atoms with Gasteiger partial charge < -0.3 is 10.5 Å². The molecule has 2 unspecified atom stereocenters. The zero-order valence-electron chi connectivity index (χ0n) is 12.1. The molecule has 1 saturated carbocycles. The Morgan fingerprint density at radius 1 is 1.29 bits per heavy atom. The number of ether oxygens (including phenoxy) is 1. The number of nitrogen functional groups attached to an aromatic ring is 1. The van der Waals surface area contributed by atoms with Crippen molar-refractivity contribution in [2.24, 2.45) is 5.92 Å². The maximum Gasteiger partial charge on any atom is 0.323 e. The second-order valence-electron chi connectivity index (χ2n) is 5.34. The third-order valence-corrected chi connectivity index (χ3v) is 3.95. The van der Waals surface area contributed by atoms with Gasteiger partial charge in [-0.3, -0.25) is 0 Å². The molecule has 2 N–H and O–H groups in total. The number of nitrogens with zero attached hydrogens (tertiary/aromatic N) is 5. The molecule has 1 aliphatic rings. The van der Waals surface area contributed by atoms with Gasteiger partial charge in [-0.1, -0.05) is 13.3 Å². The summed E-state index contributed by atoms with van der Waals surface area (Å²) in [4.78, 5) is 12.5. The molecule has 1 fully saturated rings. The minimum atomic E-state index is 0.148. The topological polar surface area (TPSA) is 91.7 Å². The van der Waals surface area contributed by atoms with Crippen molar-refractivity contribution in [3.63, 3.8) is 0 Å². The molecule has 2 heterocycles. The van der Waals surface area contributed by atoms with Crippen molar-refractivity contribution in [2.45, 2.75) is 45.1 Å². The van der Waals surface area contributed by atoms with E-state index in [1.807, 2.05) is 0 Å². The molecule has 0 radical (unpaired) electrons. The Bertz CT molecular complexity index is 585. The number of hydrogen-bond donors (Lipinski definition) is 1. The van der Waals surface area contributed by atoms with Crippen LogP contribution in [0, 0.1) is 5.92 Å². The molecule has 2 atom stereocenters. The van der Waals surface area contributed by atoms with Crippen LogP contribution >= 0.6 is 0 Å². The molecule has 0 spiro atoms. The summed E-state index contributed by atoms with van der Waals surface area (Å²) < 4.78 is 7.54. The molecule has 7 nitrogen and oxygen atoms in total. The average Bonchev–Trinajstić information content (AvgIpc) is 3.01. The minimum absolute atomic E-state index is 0.148. The highest BCUT2D eigenvalue weighted by Gasteiger charge is 2.26. The number of hydrogen-bond acceptors (Lipinski definition) is 6. The largest absolute Gasteiger partial charge is 0.460 e. The second-order valence-corrected chi connectivity index (χ2v) is 5.34. The molecule has 0 bridgehead atoms. The SMILES string of the molecule is CCC1CCCCC1Oc1nc(N)nc(-n2cccn2)n1. The van der Waals surface area contributed by atoms with Gasteiger partial charge in [0.1, 0.15) is 6.10 Å². The first kappa shape index (κ1) is 13.8. The van der Waals surface area contributed by atoms with E-state index in [1.54, 1.807) is 23.1 Å². The van der Waals surface area contributed by atoms with Crippen molar-refractivity contribution in [2.75, 3.05) is 5.73 Å². The zero-order chi connectivity index (χ0) is 14.7. The maximum atomic E-state index is 6.00. The van der Waals surface area contributed by atoms with Gasteiger partial charge in [-0.2, -0.15) is 20.1 Å². The van der Waals surface area contributed by atoms with E-state index in [1.165, 1.54) is 19.3 Å². The Kier molecular flexibility index (Phi) is 3.98. The molecule has 0 amide bonds. The van der Waals surface area contributed by atoms with E-state index in [0.717, 1.165) is 12.8 Å². The van der Waals surface area contributed by atoms with Crippen molar-refractivity contribution in [3.05, 3.63) is 18.5 Å². The Morgan fingerprint density at radius 2 is 2.14 bits per heavy atom. The van der Waals surface area contributed by atoms with Crippen LogP contribution in [0.4, 0.5) is 5.95 Å². The summed E-state index contributed by atoms with van der Waals surface area (Å²) in [7, 11) is 0. The lowest BCUT2D eigenvalue weighted by Crippen LogP contribution is -2.30. The molecule has 0 saturated heterocycles. The summed E-state index contributed by atoms with van der Waals surface area (Å²) in [5, 5.41) is 4.10. The van der Waals surface area contributed by atoms with E-state index >= 15 is 0 Å². The van der Waals surface area contributed by atoms with E-state index in [2.05, 4.69) is 27.0 Å². The first-order valence-corrected chi connectivity index (χ1v) is 7.44. The van der Waals surface area contributed by atoms with Crippen molar-refractivity contribution in [1.29, 1.82) is 0 Å². The minimum Gasteiger partial charge on any atom is -0.460 e. The quantitative estimate of drug-likeness (QED) is 0.925. The van der Waals surface area contributed by atoms with Crippen LogP contribution in [0.1, 0.15) is 39.0 Å². The molecule has 2 aromatic heterocycles. The van der Waals surface area contributed by atoms with Crippen LogP contribution in [-0.4, -0.2) is 30.8 Å². The summed E-state index contributed by atoms with van der Waals surface area (Å²) in [5.41, 5.74) is 5.75. The van der Waals surface area contributed by atoms with Gasteiger partial charge in [-0.25, -0.2) is 4.68 Å². The Labute approximate surface area is 123 Å². The fraction of sp³-hybridized carbons (Fsp3) is 0.571. The number of nitrogens with two attached hydrogens (primary N) is 1. The zero-order valence-corrected chi connectivity index (χ0v) is 12.1. The fourth-order valence-corrected chi connectivity index (χ4v) is 2.83. The van der Waals surface area contributed by atoms with Crippen LogP contribution in [0.25, 0.3) is 5.95 Å². The van der Waals surface area contributed by atoms with Gasteiger partial charge in [0, 0.05) is 12.4 Å². The molecule has 7 heteroatoms. The highest BCUT2D eigenvalue weighted by Crippen LogP contribution is 2.29. The van der Waals surface area contributed by atoms with Crippen LogP contribution in [0.2, 0.25) is 0 Å². The van der Waals surface area contributed by atoms with E-state index < -0.39 is 0 Å². The monoisotopic (exact) mass is 288 g/mol.